The molecule has 0 amide bonds. The second kappa shape index (κ2) is 10.9. The van der Waals surface area contributed by atoms with Crippen molar-refractivity contribution in [3.8, 4) is 11.1 Å². The van der Waals surface area contributed by atoms with Crippen LogP contribution in [0.5, 0.6) is 0 Å². The summed E-state index contributed by atoms with van der Waals surface area (Å²) in [7, 11) is 0. The van der Waals surface area contributed by atoms with Crippen LogP contribution >= 0.6 is 0 Å². The first-order valence-electron chi connectivity index (χ1n) is 13.1. The van der Waals surface area contributed by atoms with Gasteiger partial charge in [-0.1, -0.05) is 121 Å². The zero-order chi connectivity index (χ0) is 26.6. The molecule has 0 spiro atoms. The van der Waals surface area contributed by atoms with E-state index in [1.807, 2.05) is 43.3 Å². The summed E-state index contributed by atoms with van der Waals surface area (Å²) >= 11 is 0. The van der Waals surface area contributed by atoms with Crippen LogP contribution in [0.3, 0.4) is 0 Å². The van der Waals surface area contributed by atoms with Crippen LogP contribution in [0.4, 0.5) is 0 Å². The zero-order valence-corrected chi connectivity index (χ0v) is 21.7. The molecule has 5 aromatic carbocycles. The summed E-state index contributed by atoms with van der Waals surface area (Å²) in [6.07, 6.45) is 0.952. The minimum atomic E-state index is -0.435. The van der Waals surface area contributed by atoms with Crippen molar-refractivity contribution in [3.63, 3.8) is 0 Å². The lowest BCUT2D eigenvalue weighted by Crippen LogP contribution is -2.35. The van der Waals surface area contributed by atoms with Crippen molar-refractivity contribution in [3.05, 3.63) is 144 Å². The van der Waals surface area contributed by atoms with E-state index in [1.165, 1.54) is 5.39 Å². The van der Waals surface area contributed by atoms with Crippen molar-refractivity contribution in [2.24, 2.45) is 20.7 Å². The first kappa shape index (κ1) is 24.5. The van der Waals surface area contributed by atoms with Crippen LogP contribution in [-0.2, 0) is 0 Å². The van der Waals surface area contributed by atoms with E-state index in [1.54, 1.807) is 6.21 Å². The SMILES string of the molecule is CC=NC(N)c1ccc2ccccc2c1-c1ccc(C2N=C(c3ccccc3)NC(c3ccccc3)=N2)cc1. The van der Waals surface area contributed by atoms with E-state index in [4.69, 9.17) is 15.7 Å². The van der Waals surface area contributed by atoms with Gasteiger partial charge >= 0.3 is 0 Å². The van der Waals surface area contributed by atoms with Crippen molar-refractivity contribution >= 4 is 28.7 Å². The van der Waals surface area contributed by atoms with Crippen LogP contribution in [0, 0.1) is 0 Å². The summed E-state index contributed by atoms with van der Waals surface area (Å²) in [4.78, 5) is 14.5. The Hall–Kier alpha value is -4.87. The molecule has 0 radical (unpaired) electrons. The maximum Gasteiger partial charge on any atom is 0.169 e. The number of nitrogens with one attached hydrogen (secondary N) is 1. The average molecular weight is 508 g/mol. The summed E-state index contributed by atoms with van der Waals surface area (Å²) in [5.41, 5.74) is 12.7. The summed E-state index contributed by atoms with van der Waals surface area (Å²) in [6, 6.07) is 41.4. The molecule has 1 aliphatic heterocycles. The van der Waals surface area contributed by atoms with Gasteiger partial charge in [0.15, 0.2) is 6.17 Å². The van der Waals surface area contributed by atoms with Gasteiger partial charge in [0, 0.05) is 11.1 Å². The molecule has 1 unspecified atom stereocenters. The summed E-state index contributed by atoms with van der Waals surface area (Å²) in [6.45, 7) is 1.89. The number of hydrogen-bond donors (Lipinski definition) is 2. The number of rotatable bonds is 6. The molecule has 0 aliphatic carbocycles. The maximum atomic E-state index is 6.48. The predicted molar refractivity (Wildman–Crippen MR) is 162 cm³/mol. The fourth-order valence-electron chi connectivity index (χ4n) is 5.00. The first-order valence-corrected chi connectivity index (χ1v) is 13.1. The van der Waals surface area contributed by atoms with Gasteiger partial charge in [-0.05, 0) is 46.2 Å². The lowest BCUT2D eigenvalue weighted by molar-refractivity contribution is 0.756. The van der Waals surface area contributed by atoms with Crippen molar-refractivity contribution in [2.75, 3.05) is 0 Å². The molecule has 6 rings (SSSR count). The number of benzene rings is 5. The van der Waals surface area contributed by atoms with E-state index in [2.05, 4.69) is 95.2 Å². The van der Waals surface area contributed by atoms with Gasteiger partial charge in [0.05, 0.1) is 0 Å². The van der Waals surface area contributed by atoms with Gasteiger partial charge in [0.2, 0.25) is 0 Å². The molecule has 1 heterocycles. The van der Waals surface area contributed by atoms with Crippen LogP contribution < -0.4 is 11.1 Å². The molecule has 0 saturated heterocycles. The average Bonchev–Trinajstić information content (AvgIpc) is 3.01. The molecule has 0 aromatic heterocycles. The van der Waals surface area contributed by atoms with Crippen molar-refractivity contribution in [1.82, 2.24) is 5.32 Å². The van der Waals surface area contributed by atoms with Gasteiger partial charge in [-0.3, -0.25) is 4.99 Å². The maximum absolute atomic E-state index is 6.48. The molecule has 1 aliphatic rings. The minimum absolute atomic E-state index is 0.371. The van der Waals surface area contributed by atoms with E-state index in [-0.39, 0.29) is 6.17 Å². The number of fused-ring (bicyclic) bond motifs is 1. The number of hydrogen-bond acceptors (Lipinski definition) is 5. The third kappa shape index (κ3) is 5.00. The highest BCUT2D eigenvalue weighted by atomic mass is 15.2. The van der Waals surface area contributed by atoms with Gasteiger partial charge in [-0.15, -0.1) is 0 Å². The minimum Gasteiger partial charge on any atom is -0.324 e. The number of nitrogens with two attached hydrogens (primary N) is 1. The Morgan fingerprint density at radius 1 is 0.692 bits per heavy atom. The standard InChI is InChI=1S/C34H29N5/c1-2-36-31(35)29-22-21-23-11-9-10-16-28(23)30(29)24-17-19-27(20-18-24)34-38-32(25-12-5-3-6-13-25)37-33(39-34)26-14-7-4-8-15-26/h2-22,31,34H,35H2,1H3,(H,37,38,39). The third-order valence-electron chi connectivity index (χ3n) is 6.92. The first-order chi connectivity index (χ1) is 19.2. The molecule has 5 nitrogen and oxygen atoms in total. The van der Waals surface area contributed by atoms with Gasteiger partial charge in [0.25, 0.3) is 0 Å². The Balaban J connectivity index is 1.43. The van der Waals surface area contributed by atoms with E-state index < -0.39 is 6.17 Å². The van der Waals surface area contributed by atoms with Crippen molar-refractivity contribution in [1.29, 1.82) is 0 Å². The van der Waals surface area contributed by atoms with Crippen LogP contribution in [-0.4, -0.2) is 17.9 Å². The van der Waals surface area contributed by atoms with Crippen LogP contribution in [0.1, 0.15) is 41.5 Å². The molecule has 5 heteroatoms. The smallest absolute Gasteiger partial charge is 0.169 e. The molecule has 1 atom stereocenters. The molecule has 0 bridgehead atoms. The lowest BCUT2D eigenvalue weighted by atomic mass is 9.91. The summed E-state index contributed by atoms with van der Waals surface area (Å²) in [5.74, 6) is 1.61. The number of aliphatic imine (C=N–C) groups is 3. The largest absolute Gasteiger partial charge is 0.324 e. The fourth-order valence-corrected chi connectivity index (χ4v) is 5.00. The predicted octanol–water partition coefficient (Wildman–Crippen LogP) is 7.05. The van der Waals surface area contributed by atoms with Gasteiger partial charge in [-0.25, -0.2) is 9.98 Å². The fraction of sp³-hybridized carbons (Fsp3) is 0.0882. The topological polar surface area (TPSA) is 75.1 Å². The van der Waals surface area contributed by atoms with E-state index in [9.17, 15) is 0 Å². The highest BCUT2D eigenvalue weighted by molar-refractivity contribution is 6.15. The van der Waals surface area contributed by atoms with Gasteiger partial charge < -0.3 is 11.1 Å². The van der Waals surface area contributed by atoms with E-state index >= 15 is 0 Å². The molecule has 39 heavy (non-hydrogen) atoms. The van der Waals surface area contributed by atoms with E-state index in [0.29, 0.717) is 0 Å². The molecular weight excluding hydrogens is 478 g/mol. The Kier molecular flexibility index (Phi) is 6.81. The Morgan fingerprint density at radius 2 is 1.28 bits per heavy atom. The van der Waals surface area contributed by atoms with Gasteiger partial charge in [0.1, 0.15) is 17.8 Å². The number of amidine groups is 2. The van der Waals surface area contributed by atoms with Crippen molar-refractivity contribution < 1.29 is 0 Å². The molecular formula is C34H29N5. The molecule has 5 aromatic rings. The van der Waals surface area contributed by atoms with Crippen molar-refractivity contribution in [2.45, 2.75) is 19.3 Å². The van der Waals surface area contributed by atoms with Crippen LogP contribution in [0.2, 0.25) is 0 Å². The molecule has 0 fully saturated rings. The molecule has 3 N–H and O–H groups in total. The lowest BCUT2D eigenvalue weighted by Gasteiger charge is -2.22. The van der Waals surface area contributed by atoms with Crippen LogP contribution in [0.25, 0.3) is 21.9 Å². The second-order valence-electron chi connectivity index (χ2n) is 9.41. The quantitative estimate of drug-likeness (QED) is 0.242. The van der Waals surface area contributed by atoms with Crippen LogP contribution in [0.15, 0.2) is 136 Å². The Labute approximate surface area is 228 Å². The monoisotopic (exact) mass is 507 g/mol. The summed E-state index contributed by atoms with van der Waals surface area (Å²) in [5, 5.41) is 5.77. The Morgan fingerprint density at radius 3 is 1.90 bits per heavy atom. The van der Waals surface area contributed by atoms with E-state index in [0.717, 1.165) is 50.4 Å². The summed E-state index contributed by atoms with van der Waals surface area (Å²) < 4.78 is 0. The third-order valence-corrected chi connectivity index (χ3v) is 6.92. The normalized spacial score (nSPS) is 14.6. The second-order valence-corrected chi connectivity index (χ2v) is 9.41. The zero-order valence-electron chi connectivity index (χ0n) is 21.7. The van der Waals surface area contributed by atoms with Gasteiger partial charge in [-0.2, -0.15) is 0 Å². The molecule has 190 valence electrons. The highest BCUT2D eigenvalue weighted by Gasteiger charge is 2.21. The number of nitrogens with zero attached hydrogens (tertiary/aromatic N) is 3. The highest BCUT2D eigenvalue weighted by Crippen LogP contribution is 2.36. The molecule has 0 saturated carbocycles. The Bertz CT molecular complexity index is 1630.